The second kappa shape index (κ2) is 6.07. The Morgan fingerprint density at radius 3 is 2.44 bits per heavy atom. The molecule has 1 aromatic carbocycles. The smallest absolute Gasteiger partial charge is 0.241 e. The van der Waals surface area contributed by atoms with E-state index in [1.54, 1.807) is 32.0 Å². The molecule has 1 N–H and O–H groups in total. The van der Waals surface area contributed by atoms with Crippen LogP contribution in [-0.2, 0) is 4.79 Å². The molecule has 0 saturated heterocycles. The summed E-state index contributed by atoms with van der Waals surface area (Å²) in [6.07, 6.45) is -0.551. The quantitative estimate of drug-likeness (QED) is 0.909. The fraction of sp³-hybridized carbons (Fsp3) is 0.462. The molecule has 0 bridgehead atoms. The van der Waals surface area contributed by atoms with Gasteiger partial charge in [0, 0.05) is 21.1 Å². The monoisotopic (exact) mass is 270 g/mol. The first-order valence-electron chi connectivity index (χ1n) is 5.71. The number of carbonyl (C=O) groups is 1. The van der Waals surface area contributed by atoms with Gasteiger partial charge in [-0.2, -0.15) is 0 Å². The third-order valence-corrected chi connectivity index (χ3v) is 3.04. The number of carbonyl (C=O) groups excluding carboxylic acids is 1. The van der Waals surface area contributed by atoms with E-state index in [4.69, 9.17) is 11.6 Å². The number of aliphatic hydroxyl groups is 1. The van der Waals surface area contributed by atoms with Crippen molar-refractivity contribution in [3.05, 3.63) is 28.8 Å². The minimum Gasteiger partial charge on any atom is -0.389 e. The third kappa shape index (κ3) is 3.62. The molecule has 0 aromatic heterocycles. The molecular weight excluding hydrogens is 252 g/mol. The average molecular weight is 271 g/mol. The second-order valence-electron chi connectivity index (χ2n) is 4.53. The van der Waals surface area contributed by atoms with Crippen LogP contribution in [0, 0.1) is 0 Å². The fourth-order valence-electron chi connectivity index (χ4n) is 1.52. The Morgan fingerprint density at radius 1 is 1.39 bits per heavy atom. The van der Waals surface area contributed by atoms with Gasteiger partial charge in [-0.3, -0.25) is 4.79 Å². The normalized spacial score (nSPS) is 12.1. The van der Waals surface area contributed by atoms with Gasteiger partial charge in [-0.25, -0.2) is 0 Å². The van der Waals surface area contributed by atoms with Gasteiger partial charge in [0.05, 0.1) is 23.4 Å². The molecule has 5 heteroatoms. The Balaban J connectivity index is 2.87. The van der Waals surface area contributed by atoms with E-state index in [0.717, 1.165) is 11.3 Å². The number of amides is 1. The maximum atomic E-state index is 11.6. The standard InChI is InChI=1S/C13H19ClN2O2/c1-9(17)10-5-6-12(11(14)7-10)16(4)8-13(18)15(2)3/h5-7,9,17H,8H2,1-4H3/t9-/m0/s1. The molecule has 0 unspecified atom stereocenters. The molecule has 18 heavy (non-hydrogen) atoms. The van der Waals surface area contributed by atoms with E-state index in [1.807, 2.05) is 19.2 Å². The van der Waals surface area contributed by atoms with E-state index >= 15 is 0 Å². The molecule has 1 amide bonds. The highest BCUT2D eigenvalue weighted by Gasteiger charge is 2.13. The fourth-order valence-corrected chi connectivity index (χ4v) is 1.86. The Labute approximate surface area is 113 Å². The van der Waals surface area contributed by atoms with Crippen molar-refractivity contribution in [2.24, 2.45) is 0 Å². The predicted molar refractivity (Wildman–Crippen MR) is 74.0 cm³/mol. The summed E-state index contributed by atoms with van der Waals surface area (Å²) in [5, 5.41) is 9.99. The Hall–Kier alpha value is -1.26. The van der Waals surface area contributed by atoms with Crippen LogP contribution in [0.4, 0.5) is 5.69 Å². The van der Waals surface area contributed by atoms with E-state index in [2.05, 4.69) is 0 Å². The van der Waals surface area contributed by atoms with Gasteiger partial charge in [-0.1, -0.05) is 17.7 Å². The second-order valence-corrected chi connectivity index (χ2v) is 4.94. The minimum atomic E-state index is -0.551. The molecule has 0 saturated carbocycles. The summed E-state index contributed by atoms with van der Waals surface area (Å²) in [6.45, 7) is 1.95. The summed E-state index contributed by atoms with van der Waals surface area (Å²) in [5.74, 6) is 0.00756. The molecule has 4 nitrogen and oxygen atoms in total. The van der Waals surface area contributed by atoms with Crippen LogP contribution in [0.25, 0.3) is 0 Å². The van der Waals surface area contributed by atoms with Crippen molar-refractivity contribution in [1.29, 1.82) is 0 Å². The van der Waals surface area contributed by atoms with Crippen LogP contribution in [0.5, 0.6) is 0 Å². The van der Waals surface area contributed by atoms with E-state index < -0.39 is 6.10 Å². The van der Waals surface area contributed by atoms with Crippen molar-refractivity contribution in [3.63, 3.8) is 0 Å². The van der Waals surface area contributed by atoms with Crippen LogP contribution >= 0.6 is 11.6 Å². The molecule has 0 aliphatic heterocycles. The lowest BCUT2D eigenvalue weighted by atomic mass is 10.1. The molecule has 0 fully saturated rings. The lowest BCUT2D eigenvalue weighted by Crippen LogP contribution is -2.34. The Kier molecular flexibility index (Phi) is 4.99. The predicted octanol–water partition coefficient (Wildman–Crippen LogP) is 1.92. The first-order valence-corrected chi connectivity index (χ1v) is 6.09. The van der Waals surface area contributed by atoms with E-state index in [-0.39, 0.29) is 12.5 Å². The topological polar surface area (TPSA) is 43.8 Å². The van der Waals surface area contributed by atoms with Crippen LogP contribution in [0.15, 0.2) is 18.2 Å². The minimum absolute atomic E-state index is 0.00756. The van der Waals surface area contributed by atoms with Crippen molar-refractivity contribution in [1.82, 2.24) is 4.90 Å². The molecule has 0 heterocycles. The number of nitrogens with zero attached hydrogens (tertiary/aromatic N) is 2. The van der Waals surface area contributed by atoms with E-state index in [1.165, 1.54) is 4.90 Å². The zero-order valence-corrected chi connectivity index (χ0v) is 11.9. The van der Waals surface area contributed by atoms with Gasteiger partial charge in [-0.05, 0) is 24.6 Å². The molecule has 0 radical (unpaired) electrons. The molecular formula is C13H19ClN2O2. The molecule has 100 valence electrons. The number of hydrogen-bond donors (Lipinski definition) is 1. The maximum absolute atomic E-state index is 11.6. The number of aliphatic hydroxyl groups excluding tert-OH is 1. The summed E-state index contributed by atoms with van der Waals surface area (Å²) in [5.41, 5.74) is 1.53. The summed E-state index contributed by atoms with van der Waals surface area (Å²) >= 11 is 6.15. The van der Waals surface area contributed by atoms with Gasteiger partial charge in [0.25, 0.3) is 0 Å². The average Bonchev–Trinajstić information content (AvgIpc) is 2.28. The first-order chi connectivity index (χ1) is 8.32. The maximum Gasteiger partial charge on any atom is 0.241 e. The van der Waals surface area contributed by atoms with Crippen molar-refractivity contribution in [3.8, 4) is 0 Å². The number of anilines is 1. The van der Waals surface area contributed by atoms with Crippen molar-refractivity contribution >= 4 is 23.2 Å². The summed E-state index contributed by atoms with van der Waals surface area (Å²) in [6, 6.07) is 5.34. The molecule has 0 aliphatic carbocycles. The Bertz CT molecular complexity index is 433. The third-order valence-electron chi connectivity index (χ3n) is 2.74. The zero-order valence-electron chi connectivity index (χ0n) is 11.1. The van der Waals surface area contributed by atoms with E-state index in [9.17, 15) is 9.90 Å². The summed E-state index contributed by atoms with van der Waals surface area (Å²) in [4.78, 5) is 14.9. The van der Waals surface area contributed by atoms with Crippen molar-refractivity contribution in [2.75, 3.05) is 32.6 Å². The van der Waals surface area contributed by atoms with Crippen LogP contribution in [-0.4, -0.2) is 43.6 Å². The largest absolute Gasteiger partial charge is 0.389 e. The molecule has 1 atom stereocenters. The van der Waals surface area contributed by atoms with Crippen molar-refractivity contribution in [2.45, 2.75) is 13.0 Å². The number of halogens is 1. The van der Waals surface area contributed by atoms with Gasteiger partial charge in [-0.15, -0.1) is 0 Å². The van der Waals surface area contributed by atoms with Gasteiger partial charge < -0.3 is 14.9 Å². The lowest BCUT2D eigenvalue weighted by Gasteiger charge is -2.22. The molecule has 0 aliphatic rings. The van der Waals surface area contributed by atoms with Gasteiger partial charge in [0.15, 0.2) is 0 Å². The lowest BCUT2D eigenvalue weighted by molar-refractivity contribution is -0.127. The highest BCUT2D eigenvalue weighted by molar-refractivity contribution is 6.33. The van der Waals surface area contributed by atoms with Crippen LogP contribution in [0.2, 0.25) is 5.02 Å². The highest BCUT2D eigenvalue weighted by Crippen LogP contribution is 2.28. The SMILES string of the molecule is C[C@H](O)c1ccc(N(C)CC(=O)N(C)C)c(Cl)c1. The zero-order chi connectivity index (χ0) is 13.9. The first kappa shape index (κ1) is 14.8. The van der Waals surface area contributed by atoms with Gasteiger partial charge in [0.1, 0.15) is 0 Å². The summed E-state index contributed by atoms with van der Waals surface area (Å²) < 4.78 is 0. The summed E-state index contributed by atoms with van der Waals surface area (Å²) in [7, 11) is 5.24. The number of hydrogen-bond acceptors (Lipinski definition) is 3. The highest BCUT2D eigenvalue weighted by atomic mass is 35.5. The van der Waals surface area contributed by atoms with E-state index in [0.29, 0.717) is 5.02 Å². The van der Waals surface area contributed by atoms with Crippen LogP contribution in [0.3, 0.4) is 0 Å². The van der Waals surface area contributed by atoms with Crippen LogP contribution in [0.1, 0.15) is 18.6 Å². The van der Waals surface area contributed by atoms with Gasteiger partial charge in [0.2, 0.25) is 5.91 Å². The number of benzene rings is 1. The number of likely N-dealkylation sites (N-methyl/N-ethyl adjacent to an activating group) is 2. The van der Waals surface area contributed by atoms with Crippen molar-refractivity contribution < 1.29 is 9.90 Å². The molecule has 1 aromatic rings. The number of rotatable bonds is 4. The Morgan fingerprint density at radius 2 is 2.00 bits per heavy atom. The molecule has 0 spiro atoms. The van der Waals surface area contributed by atoms with Gasteiger partial charge >= 0.3 is 0 Å². The molecule has 1 rings (SSSR count). The van der Waals surface area contributed by atoms with Crippen LogP contribution < -0.4 is 4.90 Å².